The Morgan fingerprint density at radius 2 is 1.79 bits per heavy atom. The molecular formula is C20H14FN2S+. The Morgan fingerprint density at radius 3 is 2.54 bits per heavy atom. The van der Waals surface area contributed by atoms with Crippen molar-refractivity contribution in [2.45, 2.75) is 6.92 Å². The van der Waals surface area contributed by atoms with E-state index in [1.165, 1.54) is 17.4 Å². The maximum absolute atomic E-state index is 14.0. The zero-order chi connectivity index (χ0) is 16.8. The third kappa shape index (κ3) is 2.02. The van der Waals surface area contributed by atoms with Crippen LogP contribution in [0.15, 0.2) is 48.7 Å². The maximum Gasteiger partial charge on any atom is 0.213 e. The van der Waals surface area contributed by atoms with Gasteiger partial charge in [0.2, 0.25) is 5.69 Å². The maximum atomic E-state index is 14.0. The number of benzene rings is 2. The predicted octanol–water partition coefficient (Wildman–Crippen LogP) is 4.87. The fraction of sp³-hybridized carbons (Fsp3) is 0.100. The van der Waals surface area contributed by atoms with Gasteiger partial charge in [0.1, 0.15) is 24.5 Å². The molecule has 2 heterocycles. The average Bonchev–Trinajstić information content (AvgIpc) is 2.94. The highest BCUT2D eigenvalue weighted by Crippen LogP contribution is 2.42. The molecule has 0 unspecified atom stereocenters. The predicted molar refractivity (Wildman–Crippen MR) is 95.4 cm³/mol. The van der Waals surface area contributed by atoms with E-state index in [9.17, 15) is 9.65 Å². The van der Waals surface area contributed by atoms with Crippen LogP contribution < -0.4 is 4.57 Å². The summed E-state index contributed by atoms with van der Waals surface area (Å²) in [7, 11) is 2.02. The molecule has 2 aromatic carbocycles. The number of nitrogens with zero attached hydrogens (tertiary/aromatic N) is 2. The largest absolute Gasteiger partial charge is 0.213 e. The summed E-state index contributed by atoms with van der Waals surface area (Å²) in [5.41, 5.74) is 3.54. The number of thiophene rings is 1. The van der Waals surface area contributed by atoms with Crippen LogP contribution >= 0.6 is 11.3 Å². The van der Waals surface area contributed by atoms with Crippen LogP contribution in [0.2, 0.25) is 0 Å². The summed E-state index contributed by atoms with van der Waals surface area (Å²) in [4.78, 5) is 0. The van der Waals surface area contributed by atoms with Crippen molar-refractivity contribution < 1.29 is 8.96 Å². The summed E-state index contributed by atoms with van der Waals surface area (Å²) in [6.07, 6.45) is 2.02. The Hall–Kier alpha value is -2.77. The van der Waals surface area contributed by atoms with Crippen molar-refractivity contribution in [1.29, 1.82) is 5.26 Å². The molecule has 0 atom stereocenters. The SMILES string of the molecule is Cc1ccc2c(sc3c(C#N)c(F)ccc32)c1-c1cccc[n+]1C. The molecule has 2 aromatic heterocycles. The van der Waals surface area contributed by atoms with E-state index in [-0.39, 0.29) is 5.56 Å². The van der Waals surface area contributed by atoms with Crippen molar-refractivity contribution in [3.8, 4) is 17.3 Å². The van der Waals surface area contributed by atoms with Crippen LogP contribution in [0.3, 0.4) is 0 Å². The van der Waals surface area contributed by atoms with Gasteiger partial charge >= 0.3 is 0 Å². The van der Waals surface area contributed by atoms with Crippen molar-refractivity contribution in [3.63, 3.8) is 0 Å². The molecule has 24 heavy (non-hydrogen) atoms. The van der Waals surface area contributed by atoms with Crippen molar-refractivity contribution in [2.75, 3.05) is 0 Å². The van der Waals surface area contributed by atoms with Gasteiger partial charge in [-0.05, 0) is 30.7 Å². The van der Waals surface area contributed by atoms with Crippen LogP contribution in [-0.4, -0.2) is 0 Å². The van der Waals surface area contributed by atoms with E-state index in [0.29, 0.717) is 0 Å². The van der Waals surface area contributed by atoms with Gasteiger partial charge in [-0.3, -0.25) is 0 Å². The lowest BCUT2D eigenvalue weighted by Gasteiger charge is -2.05. The van der Waals surface area contributed by atoms with Gasteiger partial charge in [-0.25, -0.2) is 8.96 Å². The number of nitriles is 1. The first-order chi connectivity index (χ1) is 11.6. The van der Waals surface area contributed by atoms with Crippen LogP contribution in [0.4, 0.5) is 4.39 Å². The Morgan fingerprint density at radius 1 is 1.04 bits per heavy atom. The standard InChI is InChI=1S/C20H14FN2S/c1-12-6-7-14-13-8-9-16(21)15(11-22)19(13)24-20(14)18(12)17-5-3-4-10-23(17)2/h3-10H,1-2H3/q+1. The third-order valence-electron chi connectivity index (χ3n) is 4.39. The normalized spacial score (nSPS) is 11.1. The van der Waals surface area contributed by atoms with Crippen LogP contribution in [0, 0.1) is 24.1 Å². The highest BCUT2D eigenvalue weighted by Gasteiger charge is 2.20. The molecule has 0 aliphatic rings. The number of aromatic nitrogens is 1. The van der Waals surface area contributed by atoms with Crippen molar-refractivity contribution >= 4 is 31.5 Å². The number of aryl methyl sites for hydroxylation is 2. The van der Waals surface area contributed by atoms with Gasteiger partial charge in [-0.1, -0.05) is 12.1 Å². The molecular weight excluding hydrogens is 319 g/mol. The van der Waals surface area contributed by atoms with E-state index in [2.05, 4.69) is 29.7 Å². The highest BCUT2D eigenvalue weighted by molar-refractivity contribution is 7.26. The first-order valence-corrected chi connectivity index (χ1v) is 8.43. The lowest BCUT2D eigenvalue weighted by Crippen LogP contribution is -2.30. The second-order valence-electron chi connectivity index (χ2n) is 5.84. The van der Waals surface area contributed by atoms with Crippen LogP contribution in [-0.2, 0) is 7.05 Å². The topological polar surface area (TPSA) is 27.7 Å². The minimum atomic E-state index is -0.458. The second kappa shape index (κ2) is 5.40. The molecule has 2 nitrogen and oxygen atoms in total. The number of halogens is 1. The quantitative estimate of drug-likeness (QED) is 0.457. The average molecular weight is 333 g/mol. The summed E-state index contributed by atoms with van der Waals surface area (Å²) >= 11 is 1.50. The summed E-state index contributed by atoms with van der Waals surface area (Å²) in [6, 6.07) is 15.4. The van der Waals surface area contributed by atoms with E-state index in [4.69, 9.17) is 0 Å². The molecule has 4 aromatic rings. The van der Waals surface area contributed by atoms with Gasteiger partial charge < -0.3 is 0 Å². The van der Waals surface area contributed by atoms with Crippen LogP contribution in [0.25, 0.3) is 31.4 Å². The highest BCUT2D eigenvalue weighted by atomic mass is 32.1. The molecule has 116 valence electrons. The first kappa shape index (κ1) is 14.8. The number of rotatable bonds is 1. The number of hydrogen-bond acceptors (Lipinski definition) is 2. The van der Waals surface area contributed by atoms with E-state index < -0.39 is 5.82 Å². The first-order valence-electron chi connectivity index (χ1n) is 7.61. The summed E-state index contributed by atoms with van der Waals surface area (Å²) in [5.74, 6) is -0.458. The van der Waals surface area contributed by atoms with Crippen molar-refractivity contribution in [2.24, 2.45) is 7.05 Å². The van der Waals surface area contributed by atoms with Gasteiger partial charge in [-0.2, -0.15) is 5.26 Å². The fourth-order valence-electron chi connectivity index (χ4n) is 3.18. The van der Waals surface area contributed by atoms with Gasteiger partial charge in [0.25, 0.3) is 0 Å². The monoisotopic (exact) mass is 333 g/mol. The minimum Gasteiger partial charge on any atom is -0.205 e. The molecule has 0 fully saturated rings. The molecule has 0 N–H and O–H groups in total. The Bertz CT molecular complexity index is 1150. The Balaban J connectivity index is 2.20. The lowest BCUT2D eigenvalue weighted by atomic mass is 10.0. The fourth-order valence-corrected chi connectivity index (χ4v) is 4.58. The van der Waals surface area contributed by atoms with E-state index in [1.54, 1.807) is 6.07 Å². The van der Waals surface area contributed by atoms with Crippen LogP contribution in [0.1, 0.15) is 11.1 Å². The smallest absolute Gasteiger partial charge is 0.205 e. The minimum absolute atomic E-state index is 0.134. The number of pyridine rings is 1. The molecule has 0 saturated carbocycles. The second-order valence-corrected chi connectivity index (χ2v) is 6.86. The summed E-state index contributed by atoms with van der Waals surface area (Å²) in [5, 5.41) is 11.3. The van der Waals surface area contributed by atoms with Gasteiger partial charge in [0.15, 0.2) is 6.20 Å². The molecule has 0 bridgehead atoms. The van der Waals surface area contributed by atoms with Gasteiger partial charge in [0.05, 0.1) is 10.3 Å². The third-order valence-corrected chi connectivity index (χ3v) is 5.65. The molecule has 0 spiro atoms. The molecule has 0 aliphatic heterocycles. The number of fused-ring (bicyclic) bond motifs is 3. The Labute approximate surface area is 143 Å². The van der Waals surface area contributed by atoms with E-state index in [1.807, 2.05) is 31.4 Å². The molecule has 0 saturated heterocycles. The molecule has 0 aliphatic carbocycles. The molecule has 0 radical (unpaired) electrons. The van der Waals surface area contributed by atoms with Gasteiger partial charge in [-0.15, -0.1) is 11.3 Å². The van der Waals surface area contributed by atoms with Crippen molar-refractivity contribution in [1.82, 2.24) is 0 Å². The zero-order valence-electron chi connectivity index (χ0n) is 13.3. The van der Waals surface area contributed by atoms with Gasteiger partial charge in [0, 0.05) is 27.6 Å². The van der Waals surface area contributed by atoms with Crippen LogP contribution in [0.5, 0.6) is 0 Å². The van der Waals surface area contributed by atoms with E-state index >= 15 is 0 Å². The molecule has 4 heteroatoms. The van der Waals surface area contributed by atoms with Crippen molar-refractivity contribution in [3.05, 3.63) is 65.6 Å². The summed E-state index contributed by atoms with van der Waals surface area (Å²) < 4.78 is 17.9. The summed E-state index contributed by atoms with van der Waals surface area (Å²) in [6.45, 7) is 2.08. The zero-order valence-corrected chi connectivity index (χ0v) is 14.1. The molecule has 0 amide bonds. The molecule has 4 rings (SSSR count). The lowest BCUT2D eigenvalue weighted by molar-refractivity contribution is -0.660. The van der Waals surface area contributed by atoms with E-state index in [0.717, 1.165) is 37.0 Å². The number of hydrogen-bond donors (Lipinski definition) is 0. The Kier molecular flexibility index (Phi) is 3.33.